The van der Waals surface area contributed by atoms with Gasteiger partial charge in [0, 0.05) is 25.5 Å². The minimum Gasteiger partial charge on any atom is -0.478 e. The van der Waals surface area contributed by atoms with Crippen molar-refractivity contribution in [2.24, 2.45) is 7.05 Å². The highest BCUT2D eigenvalue weighted by Crippen LogP contribution is 2.18. The summed E-state index contributed by atoms with van der Waals surface area (Å²) in [6.45, 7) is 1.82. The number of nitrogens with zero attached hydrogens (tertiary/aromatic N) is 3. The van der Waals surface area contributed by atoms with E-state index in [1.54, 1.807) is 30.9 Å². The SMILES string of the molecule is Cc1c(C(=O)N(C)c2ccc(C(=O)O)cc2)cnn1C. The number of aromatic nitrogens is 2. The van der Waals surface area contributed by atoms with Gasteiger partial charge in [0.2, 0.25) is 0 Å². The van der Waals surface area contributed by atoms with E-state index < -0.39 is 5.97 Å². The number of benzene rings is 1. The zero-order valence-corrected chi connectivity index (χ0v) is 11.5. The number of carbonyl (C=O) groups excluding carboxylic acids is 1. The van der Waals surface area contributed by atoms with Gasteiger partial charge >= 0.3 is 5.97 Å². The third-order valence-corrected chi connectivity index (χ3v) is 3.27. The van der Waals surface area contributed by atoms with Gasteiger partial charge in [-0.15, -0.1) is 0 Å². The maximum atomic E-state index is 12.4. The van der Waals surface area contributed by atoms with E-state index in [1.807, 2.05) is 6.92 Å². The number of amides is 1. The highest BCUT2D eigenvalue weighted by Gasteiger charge is 2.18. The Morgan fingerprint density at radius 1 is 1.25 bits per heavy atom. The van der Waals surface area contributed by atoms with Crippen LogP contribution in [0.5, 0.6) is 0 Å². The molecule has 104 valence electrons. The van der Waals surface area contributed by atoms with Gasteiger partial charge in [-0.3, -0.25) is 9.48 Å². The molecule has 2 aromatic rings. The Kier molecular flexibility index (Phi) is 3.56. The largest absolute Gasteiger partial charge is 0.478 e. The van der Waals surface area contributed by atoms with Crippen LogP contribution in [0.1, 0.15) is 26.4 Å². The fraction of sp³-hybridized carbons (Fsp3) is 0.214. The number of carbonyl (C=O) groups is 2. The topological polar surface area (TPSA) is 75.4 Å². The molecule has 0 unspecified atom stereocenters. The van der Waals surface area contributed by atoms with E-state index in [4.69, 9.17) is 5.11 Å². The second-order valence-corrected chi connectivity index (χ2v) is 4.48. The molecular weight excluding hydrogens is 258 g/mol. The summed E-state index contributed by atoms with van der Waals surface area (Å²) in [6, 6.07) is 6.15. The average molecular weight is 273 g/mol. The lowest BCUT2D eigenvalue weighted by atomic mass is 10.1. The van der Waals surface area contributed by atoms with Crippen LogP contribution >= 0.6 is 0 Å². The van der Waals surface area contributed by atoms with Gasteiger partial charge < -0.3 is 10.0 Å². The van der Waals surface area contributed by atoms with Gasteiger partial charge in [0.1, 0.15) is 0 Å². The van der Waals surface area contributed by atoms with Crippen molar-refractivity contribution in [2.45, 2.75) is 6.92 Å². The molecule has 0 radical (unpaired) electrons. The van der Waals surface area contributed by atoms with Crippen molar-refractivity contribution in [1.29, 1.82) is 0 Å². The molecule has 0 bridgehead atoms. The van der Waals surface area contributed by atoms with E-state index in [0.29, 0.717) is 11.3 Å². The Balaban J connectivity index is 2.26. The molecule has 1 amide bonds. The number of anilines is 1. The second kappa shape index (κ2) is 5.16. The molecule has 2 rings (SSSR count). The number of hydrogen-bond donors (Lipinski definition) is 1. The zero-order chi connectivity index (χ0) is 14.9. The Hall–Kier alpha value is -2.63. The molecule has 1 N–H and O–H groups in total. The molecule has 6 heteroatoms. The van der Waals surface area contributed by atoms with Crippen molar-refractivity contribution < 1.29 is 14.7 Å². The van der Waals surface area contributed by atoms with Crippen molar-refractivity contribution in [3.05, 3.63) is 47.3 Å². The van der Waals surface area contributed by atoms with Gasteiger partial charge in [-0.1, -0.05) is 0 Å². The molecule has 20 heavy (non-hydrogen) atoms. The van der Waals surface area contributed by atoms with Gasteiger partial charge in [-0.25, -0.2) is 4.79 Å². The number of carboxylic acids is 1. The van der Waals surface area contributed by atoms with Gasteiger partial charge in [0.25, 0.3) is 5.91 Å². The minimum absolute atomic E-state index is 0.182. The summed E-state index contributed by atoms with van der Waals surface area (Å²) in [4.78, 5) is 24.6. The molecule has 0 atom stereocenters. The molecule has 0 aliphatic rings. The number of rotatable bonds is 3. The van der Waals surface area contributed by atoms with E-state index in [-0.39, 0.29) is 11.5 Å². The van der Waals surface area contributed by atoms with E-state index in [9.17, 15) is 9.59 Å². The normalized spacial score (nSPS) is 10.3. The van der Waals surface area contributed by atoms with Gasteiger partial charge in [0.05, 0.1) is 17.3 Å². The molecular formula is C14H15N3O3. The Labute approximate surface area is 116 Å². The highest BCUT2D eigenvalue weighted by atomic mass is 16.4. The first-order chi connectivity index (χ1) is 9.41. The second-order valence-electron chi connectivity index (χ2n) is 4.48. The van der Waals surface area contributed by atoms with Crippen LogP contribution in [-0.2, 0) is 7.05 Å². The lowest BCUT2D eigenvalue weighted by molar-refractivity contribution is 0.0696. The molecule has 0 aliphatic carbocycles. The summed E-state index contributed by atoms with van der Waals surface area (Å²) >= 11 is 0. The minimum atomic E-state index is -0.992. The van der Waals surface area contributed by atoms with Gasteiger partial charge in [-0.2, -0.15) is 5.10 Å². The van der Waals surface area contributed by atoms with Gasteiger partial charge in [0.15, 0.2) is 0 Å². The van der Waals surface area contributed by atoms with Crippen LogP contribution in [0.2, 0.25) is 0 Å². The van der Waals surface area contributed by atoms with Crippen LogP contribution in [-0.4, -0.2) is 33.8 Å². The fourth-order valence-corrected chi connectivity index (χ4v) is 1.83. The van der Waals surface area contributed by atoms with Crippen molar-refractivity contribution >= 4 is 17.6 Å². The summed E-state index contributed by atoms with van der Waals surface area (Å²) in [5, 5.41) is 12.9. The molecule has 0 saturated heterocycles. The first kappa shape index (κ1) is 13.8. The molecule has 1 aromatic heterocycles. The lowest BCUT2D eigenvalue weighted by Crippen LogP contribution is -2.26. The van der Waals surface area contributed by atoms with E-state index in [2.05, 4.69) is 5.10 Å². The number of carboxylic acid groups (broad SMARTS) is 1. The summed E-state index contributed by atoms with van der Waals surface area (Å²) in [6.07, 6.45) is 1.53. The molecule has 0 spiro atoms. The van der Waals surface area contributed by atoms with Gasteiger partial charge in [-0.05, 0) is 31.2 Å². The third-order valence-electron chi connectivity index (χ3n) is 3.27. The molecule has 0 saturated carbocycles. The predicted octanol–water partition coefficient (Wildman–Crippen LogP) is 1.70. The number of aromatic carboxylic acids is 1. The summed E-state index contributed by atoms with van der Waals surface area (Å²) < 4.78 is 1.63. The first-order valence-electron chi connectivity index (χ1n) is 6.02. The first-order valence-corrected chi connectivity index (χ1v) is 6.02. The quantitative estimate of drug-likeness (QED) is 0.923. The van der Waals surface area contributed by atoms with Crippen LogP contribution < -0.4 is 4.90 Å². The van der Waals surface area contributed by atoms with Crippen LogP contribution in [0, 0.1) is 6.92 Å². The Bertz CT molecular complexity index is 659. The van der Waals surface area contributed by atoms with Crippen LogP contribution in [0.25, 0.3) is 0 Å². The van der Waals surface area contributed by atoms with Crippen LogP contribution in [0.4, 0.5) is 5.69 Å². The Morgan fingerprint density at radius 2 is 1.85 bits per heavy atom. The molecule has 0 fully saturated rings. The molecule has 1 heterocycles. The van der Waals surface area contributed by atoms with Crippen molar-refractivity contribution in [3.63, 3.8) is 0 Å². The summed E-state index contributed by atoms with van der Waals surface area (Å²) in [5.74, 6) is -1.17. The zero-order valence-electron chi connectivity index (χ0n) is 11.5. The third kappa shape index (κ3) is 2.40. The number of aryl methyl sites for hydroxylation is 1. The van der Waals surface area contributed by atoms with Crippen molar-refractivity contribution in [3.8, 4) is 0 Å². The maximum absolute atomic E-state index is 12.4. The van der Waals surface area contributed by atoms with E-state index in [0.717, 1.165) is 5.69 Å². The summed E-state index contributed by atoms with van der Waals surface area (Å²) in [5.41, 5.74) is 2.12. The van der Waals surface area contributed by atoms with E-state index >= 15 is 0 Å². The van der Waals surface area contributed by atoms with E-state index in [1.165, 1.54) is 23.2 Å². The van der Waals surface area contributed by atoms with Crippen LogP contribution in [0.3, 0.4) is 0 Å². The smallest absolute Gasteiger partial charge is 0.335 e. The standard InChI is InChI=1S/C14H15N3O3/c1-9-12(8-15-17(9)3)13(18)16(2)11-6-4-10(5-7-11)14(19)20/h4-8H,1-3H3,(H,19,20). The maximum Gasteiger partial charge on any atom is 0.335 e. The Morgan fingerprint density at radius 3 is 2.30 bits per heavy atom. The monoisotopic (exact) mass is 273 g/mol. The fourth-order valence-electron chi connectivity index (χ4n) is 1.83. The summed E-state index contributed by atoms with van der Waals surface area (Å²) in [7, 11) is 3.41. The highest BCUT2D eigenvalue weighted by molar-refractivity contribution is 6.06. The van der Waals surface area contributed by atoms with Crippen molar-refractivity contribution in [1.82, 2.24) is 9.78 Å². The molecule has 0 aliphatic heterocycles. The lowest BCUT2D eigenvalue weighted by Gasteiger charge is -2.17. The van der Waals surface area contributed by atoms with Crippen molar-refractivity contribution in [2.75, 3.05) is 11.9 Å². The van der Waals surface area contributed by atoms with Crippen LogP contribution in [0.15, 0.2) is 30.5 Å². The molecule has 6 nitrogen and oxygen atoms in total. The molecule has 1 aromatic carbocycles. The number of hydrogen-bond acceptors (Lipinski definition) is 3. The average Bonchev–Trinajstić information content (AvgIpc) is 2.77. The predicted molar refractivity (Wildman–Crippen MR) is 74.1 cm³/mol.